The predicted octanol–water partition coefficient (Wildman–Crippen LogP) is 3.70. The lowest BCUT2D eigenvalue weighted by atomic mass is 10.2. The van der Waals surface area contributed by atoms with Crippen LogP contribution in [0.4, 0.5) is 18.9 Å². The van der Waals surface area contributed by atoms with Crippen molar-refractivity contribution in [3.63, 3.8) is 0 Å². The summed E-state index contributed by atoms with van der Waals surface area (Å²) in [5, 5.41) is -0.0488. The molecule has 1 rings (SSSR count). The van der Waals surface area contributed by atoms with Crippen LogP contribution in [-0.2, 0) is 6.18 Å². The zero-order valence-electron chi connectivity index (χ0n) is 6.12. The number of halogens is 5. The quantitative estimate of drug-likeness (QED) is 0.717. The van der Waals surface area contributed by atoms with Gasteiger partial charge in [0.1, 0.15) is 0 Å². The Labute approximate surface area is 85.8 Å². The standard InChI is InChI=1S/C7H4BrClF3N/c8-6-4(9)1-3(2-5(6)13)7(10,11)12/h1-2H,13H2. The lowest BCUT2D eigenvalue weighted by Crippen LogP contribution is -2.05. The molecule has 0 saturated heterocycles. The molecule has 0 spiro atoms. The van der Waals surface area contributed by atoms with E-state index < -0.39 is 11.7 Å². The van der Waals surface area contributed by atoms with Crippen molar-refractivity contribution < 1.29 is 13.2 Å². The van der Waals surface area contributed by atoms with Gasteiger partial charge < -0.3 is 5.73 Å². The summed E-state index contributed by atoms with van der Waals surface area (Å²) < 4.78 is 36.7. The lowest BCUT2D eigenvalue weighted by molar-refractivity contribution is -0.137. The average Bonchev–Trinajstić information content (AvgIpc) is 1.97. The van der Waals surface area contributed by atoms with Crippen molar-refractivity contribution in [3.8, 4) is 0 Å². The average molecular weight is 274 g/mol. The number of benzene rings is 1. The summed E-state index contributed by atoms with van der Waals surface area (Å²) in [6.07, 6.45) is -4.42. The van der Waals surface area contributed by atoms with Gasteiger partial charge >= 0.3 is 6.18 Å². The van der Waals surface area contributed by atoms with Crippen LogP contribution in [0, 0.1) is 0 Å². The molecule has 0 atom stereocenters. The summed E-state index contributed by atoms with van der Waals surface area (Å²) in [6.45, 7) is 0. The molecule has 0 aromatic heterocycles. The van der Waals surface area contributed by atoms with E-state index in [4.69, 9.17) is 17.3 Å². The fraction of sp³-hybridized carbons (Fsp3) is 0.143. The summed E-state index contributed by atoms with van der Waals surface area (Å²) in [5.41, 5.74) is 4.41. The molecular weight excluding hydrogens is 270 g/mol. The molecule has 0 heterocycles. The highest BCUT2D eigenvalue weighted by atomic mass is 79.9. The number of nitrogen functional groups attached to an aromatic ring is 1. The van der Waals surface area contributed by atoms with Crippen LogP contribution in [0.25, 0.3) is 0 Å². The number of nitrogens with two attached hydrogens (primary N) is 1. The van der Waals surface area contributed by atoms with E-state index in [1.165, 1.54) is 0 Å². The Morgan fingerprint density at radius 2 is 1.85 bits per heavy atom. The minimum Gasteiger partial charge on any atom is -0.398 e. The van der Waals surface area contributed by atoms with Gasteiger partial charge in [0, 0.05) is 5.69 Å². The van der Waals surface area contributed by atoms with Gasteiger partial charge in [0.25, 0.3) is 0 Å². The number of rotatable bonds is 0. The van der Waals surface area contributed by atoms with Gasteiger partial charge in [-0.2, -0.15) is 13.2 Å². The second-order valence-corrected chi connectivity index (χ2v) is 3.56. The maximum Gasteiger partial charge on any atom is 0.416 e. The van der Waals surface area contributed by atoms with Crippen LogP contribution in [0.2, 0.25) is 5.02 Å². The first-order valence-electron chi connectivity index (χ1n) is 3.14. The monoisotopic (exact) mass is 273 g/mol. The summed E-state index contributed by atoms with van der Waals surface area (Å²) in [6, 6.07) is 1.65. The highest BCUT2D eigenvalue weighted by molar-refractivity contribution is 9.10. The zero-order chi connectivity index (χ0) is 10.2. The topological polar surface area (TPSA) is 26.0 Å². The molecule has 0 aliphatic rings. The summed E-state index contributed by atoms with van der Waals surface area (Å²) in [4.78, 5) is 0. The van der Waals surface area contributed by atoms with Crippen LogP contribution >= 0.6 is 27.5 Å². The molecule has 0 fully saturated rings. The number of hydrogen-bond donors (Lipinski definition) is 1. The van der Waals surface area contributed by atoms with Crippen LogP contribution < -0.4 is 5.73 Å². The van der Waals surface area contributed by atoms with Gasteiger partial charge in [0.15, 0.2) is 0 Å². The Kier molecular flexibility index (Phi) is 2.77. The number of anilines is 1. The molecule has 0 aliphatic heterocycles. The normalized spacial score (nSPS) is 11.8. The molecule has 1 aromatic carbocycles. The van der Waals surface area contributed by atoms with E-state index >= 15 is 0 Å². The van der Waals surface area contributed by atoms with Gasteiger partial charge in [-0.1, -0.05) is 11.6 Å². The molecule has 0 aliphatic carbocycles. The SMILES string of the molecule is Nc1cc(C(F)(F)F)cc(Cl)c1Br. The van der Waals surface area contributed by atoms with Crippen LogP contribution in [-0.4, -0.2) is 0 Å². The molecule has 0 bridgehead atoms. The van der Waals surface area contributed by atoms with Crippen LogP contribution in [0.15, 0.2) is 16.6 Å². The Morgan fingerprint density at radius 1 is 1.31 bits per heavy atom. The van der Waals surface area contributed by atoms with E-state index in [0.717, 1.165) is 12.1 Å². The van der Waals surface area contributed by atoms with Gasteiger partial charge in [0.05, 0.1) is 15.1 Å². The molecule has 6 heteroatoms. The van der Waals surface area contributed by atoms with Gasteiger partial charge in [-0.3, -0.25) is 0 Å². The zero-order valence-corrected chi connectivity index (χ0v) is 8.46. The fourth-order valence-corrected chi connectivity index (χ4v) is 1.23. The van der Waals surface area contributed by atoms with Crippen molar-refractivity contribution in [2.75, 3.05) is 5.73 Å². The van der Waals surface area contributed by atoms with E-state index in [1.807, 2.05) is 0 Å². The van der Waals surface area contributed by atoms with Crippen LogP contribution in [0.1, 0.15) is 5.56 Å². The van der Waals surface area contributed by atoms with E-state index in [1.54, 1.807) is 0 Å². The highest BCUT2D eigenvalue weighted by Gasteiger charge is 2.31. The van der Waals surface area contributed by atoms with Crippen molar-refractivity contribution >= 4 is 33.2 Å². The smallest absolute Gasteiger partial charge is 0.398 e. The molecule has 0 amide bonds. The predicted molar refractivity (Wildman–Crippen MR) is 48.6 cm³/mol. The van der Waals surface area contributed by atoms with Crippen molar-refractivity contribution in [2.24, 2.45) is 0 Å². The highest BCUT2D eigenvalue weighted by Crippen LogP contribution is 2.37. The first kappa shape index (κ1) is 10.7. The van der Waals surface area contributed by atoms with E-state index in [9.17, 15) is 13.2 Å². The second-order valence-electron chi connectivity index (χ2n) is 2.36. The van der Waals surface area contributed by atoms with Crippen LogP contribution in [0.3, 0.4) is 0 Å². The Balaban J connectivity index is 3.29. The first-order valence-corrected chi connectivity index (χ1v) is 4.31. The Hall–Kier alpha value is -0.420. The number of alkyl halides is 3. The van der Waals surface area contributed by atoms with E-state index in [0.29, 0.717) is 0 Å². The van der Waals surface area contributed by atoms with Crippen molar-refractivity contribution in [2.45, 2.75) is 6.18 Å². The number of hydrogen-bond acceptors (Lipinski definition) is 1. The van der Waals surface area contributed by atoms with Gasteiger partial charge in [-0.05, 0) is 28.1 Å². The minimum atomic E-state index is -4.42. The maximum absolute atomic E-state index is 12.2. The Bertz CT molecular complexity index is 314. The van der Waals surface area contributed by atoms with E-state index in [-0.39, 0.29) is 15.2 Å². The fourth-order valence-electron chi connectivity index (χ4n) is 0.774. The molecule has 0 unspecified atom stereocenters. The third-order valence-electron chi connectivity index (χ3n) is 1.38. The molecule has 0 saturated carbocycles. The third kappa shape index (κ3) is 2.28. The van der Waals surface area contributed by atoms with Gasteiger partial charge in [0.2, 0.25) is 0 Å². The summed E-state index contributed by atoms with van der Waals surface area (Å²) in [5.74, 6) is 0. The van der Waals surface area contributed by atoms with Crippen molar-refractivity contribution in [1.29, 1.82) is 0 Å². The van der Waals surface area contributed by atoms with Crippen molar-refractivity contribution in [3.05, 3.63) is 27.2 Å². The second kappa shape index (κ2) is 3.38. The summed E-state index contributed by atoms with van der Waals surface area (Å²) in [7, 11) is 0. The molecule has 1 aromatic rings. The Morgan fingerprint density at radius 3 is 2.23 bits per heavy atom. The van der Waals surface area contributed by atoms with Gasteiger partial charge in [-0.15, -0.1) is 0 Å². The first-order chi connectivity index (χ1) is 5.82. The molecule has 0 radical (unpaired) electrons. The molecule has 13 heavy (non-hydrogen) atoms. The molecule has 2 N–H and O–H groups in total. The lowest BCUT2D eigenvalue weighted by Gasteiger charge is -2.09. The minimum absolute atomic E-state index is 0.0279. The maximum atomic E-state index is 12.2. The largest absolute Gasteiger partial charge is 0.416 e. The molecule has 72 valence electrons. The molecular formula is C7H4BrClF3N. The van der Waals surface area contributed by atoms with Crippen molar-refractivity contribution in [1.82, 2.24) is 0 Å². The van der Waals surface area contributed by atoms with E-state index in [2.05, 4.69) is 15.9 Å². The molecule has 1 nitrogen and oxygen atoms in total. The summed E-state index contributed by atoms with van der Waals surface area (Å²) >= 11 is 8.45. The third-order valence-corrected chi connectivity index (χ3v) is 2.80. The van der Waals surface area contributed by atoms with Crippen LogP contribution in [0.5, 0.6) is 0 Å². The van der Waals surface area contributed by atoms with Gasteiger partial charge in [-0.25, -0.2) is 0 Å².